The lowest BCUT2D eigenvalue weighted by molar-refractivity contribution is 1.12. The van der Waals surface area contributed by atoms with Crippen LogP contribution < -0.4 is 4.72 Å². The Morgan fingerprint density at radius 3 is 2.43 bits per heavy atom. The van der Waals surface area contributed by atoms with Gasteiger partial charge < -0.3 is 4.72 Å². The lowest BCUT2D eigenvalue weighted by Crippen LogP contribution is -2.11. The molecule has 1 N–H and O–H groups in total. The summed E-state index contributed by atoms with van der Waals surface area (Å²) in [6.45, 7) is 4.43. The SMILES string of the molecule is CC1=Cc2cc(C)cc(S(C)(C)Nc3ccccc3)c2C1. The van der Waals surface area contributed by atoms with Gasteiger partial charge in [0.25, 0.3) is 0 Å². The van der Waals surface area contributed by atoms with Gasteiger partial charge in [-0.2, -0.15) is 0 Å². The number of hydrogen-bond donors (Lipinski definition) is 1. The summed E-state index contributed by atoms with van der Waals surface area (Å²) >= 11 is 0. The molecule has 0 bridgehead atoms. The number of allylic oxidation sites excluding steroid dienone is 1. The summed E-state index contributed by atoms with van der Waals surface area (Å²) in [6, 6.07) is 15.2. The summed E-state index contributed by atoms with van der Waals surface area (Å²) in [5, 5.41) is 0. The zero-order valence-corrected chi connectivity index (χ0v) is 14.1. The van der Waals surface area contributed by atoms with Gasteiger partial charge in [0.15, 0.2) is 0 Å². The largest absolute Gasteiger partial charge is 0.344 e. The van der Waals surface area contributed by atoms with Crippen LogP contribution in [0.15, 0.2) is 52.9 Å². The van der Waals surface area contributed by atoms with Crippen LogP contribution in [0.5, 0.6) is 0 Å². The lowest BCUT2D eigenvalue weighted by atomic mass is 10.1. The fourth-order valence-electron chi connectivity index (χ4n) is 3.03. The van der Waals surface area contributed by atoms with Gasteiger partial charge in [0.2, 0.25) is 0 Å². The summed E-state index contributed by atoms with van der Waals surface area (Å²) in [7, 11) is -1.07. The number of para-hydroxylation sites is 1. The Morgan fingerprint density at radius 1 is 1.00 bits per heavy atom. The molecule has 0 atom stereocenters. The van der Waals surface area contributed by atoms with Crippen molar-refractivity contribution in [1.29, 1.82) is 0 Å². The van der Waals surface area contributed by atoms with E-state index in [1.54, 1.807) is 0 Å². The highest BCUT2D eigenvalue weighted by Crippen LogP contribution is 2.52. The van der Waals surface area contributed by atoms with Crippen molar-refractivity contribution in [3.63, 3.8) is 0 Å². The Kier molecular flexibility index (Phi) is 3.58. The maximum absolute atomic E-state index is 3.77. The van der Waals surface area contributed by atoms with Crippen molar-refractivity contribution in [2.24, 2.45) is 0 Å². The van der Waals surface area contributed by atoms with Crippen LogP contribution in [0.25, 0.3) is 6.08 Å². The third-order valence-electron chi connectivity index (χ3n) is 3.94. The van der Waals surface area contributed by atoms with Crippen molar-refractivity contribution in [2.45, 2.75) is 25.2 Å². The molecule has 0 aromatic heterocycles. The lowest BCUT2D eigenvalue weighted by Gasteiger charge is -2.36. The molecule has 0 amide bonds. The number of aryl methyl sites for hydroxylation is 1. The Hall–Kier alpha value is -1.67. The maximum atomic E-state index is 3.77. The smallest absolute Gasteiger partial charge is 0.0429 e. The van der Waals surface area contributed by atoms with Gasteiger partial charge in [-0.1, -0.05) is 35.9 Å². The third kappa shape index (κ3) is 2.86. The van der Waals surface area contributed by atoms with Gasteiger partial charge in [-0.3, -0.25) is 0 Å². The number of rotatable bonds is 3. The van der Waals surface area contributed by atoms with Gasteiger partial charge in [0.1, 0.15) is 0 Å². The number of nitrogens with one attached hydrogen (secondary N) is 1. The average Bonchev–Trinajstić information content (AvgIpc) is 2.78. The zero-order chi connectivity index (χ0) is 15.0. The molecule has 3 rings (SSSR count). The van der Waals surface area contributed by atoms with Crippen molar-refractivity contribution < 1.29 is 0 Å². The molecule has 21 heavy (non-hydrogen) atoms. The number of benzene rings is 2. The Labute approximate surface area is 129 Å². The van der Waals surface area contributed by atoms with Crippen LogP contribution in [-0.4, -0.2) is 12.5 Å². The molecule has 2 aromatic carbocycles. The summed E-state index contributed by atoms with van der Waals surface area (Å²) in [6.07, 6.45) is 8.13. The van der Waals surface area contributed by atoms with Crippen molar-refractivity contribution in [1.82, 2.24) is 0 Å². The van der Waals surface area contributed by atoms with Crippen LogP contribution in [0.2, 0.25) is 0 Å². The van der Waals surface area contributed by atoms with E-state index >= 15 is 0 Å². The molecule has 0 fully saturated rings. The Morgan fingerprint density at radius 2 is 1.71 bits per heavy atom. The van der Waals surface area contributed by atoms with Gasteiger partial charge in [-0.05, 0) is 67.7 Å². The minimum absolute atomic E-state index is 1.07. The first-order valence-corrected chi connectivity index (χ1v) is 9.77. The van der Waals surface area contributed by atoms with Crippen LogP contribution in [0.4, 0.5) is 5.69 Å². The standard InChI is InChI=1S/C19H23NS/c1-14-10-16-11-15(2)13-19(18(16)12-14)21(3,4)20-17-8-6-5-7-9-17/h5-11,13,20H,12H2,1-4H3. The highest BCUT2D eigenvalue weighted by atomic mass is 32.3. The zero-order valence-electron chi connectivity index (χ0n) is 13.2. The molecule has 0 spiro atoms. The molecule has 2 aromatic rings. The molecular weight excluding hydrogens is 274 g/mol. The maximum Gasteiger partial charge on any atom is 0.0429 e. The molecule has 0 saturated heterocycles. The van der Waals surface area contributed by atoms with E-state index in [9.17, 15) is 0 Å². The molecule has 1 aliphatic carbocycles. The van der Waals surface area contributed by atoms with Crippen LogP contribution >= 0.6 is 10.2 Å². The Balaban J connectivity index is 2.01. The van der Waals surface area contributed by atoms with Crippen molar-refractivity contribution in [2.75, 3.05) is 17.2 Å². The van der Waals surface area contributed by atoms with Crippen LogP contribution in [0.1, 0.15) is 23.6 Å². The number of anilines is 1. The van der Waals surface area contributed by atoms with Gasteiger partial charge >= 0.3 is 0 Å². The van der Waals surface area contributed by atoms with Gasteiger partial charge in [0, 0.05) is 10.6 Å². The minimum atomic E-state index is -1.07. The van der Waals surface area contributed by atoms with Crippen molar-refractivity contribution in [3.05, 3.63) is 64.7 Å². The second-order valence-corrected chi connectivity index (χ2v) is 9.59. The summed E-state index contributed by atoms with van der Waals surface area (Å²) in [4.78, 5) is 1.49. The quantitative estimate of drug-likeness (QED) is 0.799. The Bertz CT molecular complexity index is 699. The second kappa shape index (κ2) is 5.27. The average molecular weight is 297 g/mol. The van der Waals surface area contributed by atoms with E-state index in [4.69, 9.17) is 0 Å². The molecule has 0 aliphatic heterocycles. The third-order valence-corrected chi connectivity index (χ3v) is 6.15. The molecule has 1 nitrogen and oxygen atoms in total. The van der Waals surface area contributed by atoms with Crippen LogP contribution in [0.3, 0.4) is 0 Å². The summed E-state index contributed by atoms with van der Waals surface area (Å²) in [5.41, 5.74) is 6.95. The first-order valence-electron chi connectivity index (χ1n) is 7.32. The molecular formula is C19H23NS. The second-order valence-electron chi connectivity index (χ2n) is 6.29. The van der Waals surface area contributed by atoms with Gasteiger partial charge in [-0.15, -0.1) is 10.2 Å². The van der Waals surface area contributed by atoms with Gasteiger partial charge in [0.05, 0.1) is 0 Å². The van der Waals surface area contributed by atoms with Crippen LogP contribution in [-0.2, 0) is 6.42 Å². The molecule has 110 valence electrons. The summed E-state index contributed by atoms with van der Waals surface area (Å²) in [5.74, 6) is 0. The molecule has 1 aliphatic rings. The molecule has 0 unspecified atom stereocenters. The van der Waals surface area contributed by atoms with E-state index in [0.29, 0.717) is 0 Å². The number of fused-ring (bicyclic) bond motifs is 1. The van der Waals surface area contributed by atoms with E-state index in [1.807, 2.05) is 0 Å². The topological polar surface area (TPSA) is 12.0 Å². The van der Waals surface area contributed by atoms with E-state index in [0.717, 1.165) is 6.42 Å². The predicted octanol–water partition coefficient (Wildman–Crippen LogP) is 5.40. The molecule has 2 heteroatoms. The first-order chi connectivity index (χ1) is 9.95. The van der Waals surface area contributed by atoms with E-state index in [2.05, 4.69) is 79.6 Å². The van der Waals surface area contributed by atoms with Crippen LogP contribution in [0, 0.1) is 6.92 Å². The highest BCUT2D eigenvalue weighted by Gasteiger charge is 2.23. The fraction of sp³-hybridized carbons (Fsp3) is 0.263. The predicted molar refractivity (Wildman–Crippen MR) is 96.3 cm³/mol. The fourth-order valence-corrected chi connectivity index (χ4v) is 5.16. The van der Waals surface area contributed by atoms with Gasteiger partial charge in [-0.25, -0.2) is 0 Å². The monoisotopic (exact) mass is 297 g/mol. The highest BCUT2D eigenvalue weighted by molar-refractivity contribution is 8.33. The van der Waals surface area contributed by atoms with E-state index < -0.39 is 10.2 Å². The van der Waals surface area contributed by atoms with Crippen molar-refractivity contribution >= 4 is 22.0 Å². The molecule has 0 heterocycles. The normalized spacial score (nSPS) is 14.6. The summed E-state index contributed by atoms with van der Waals surface area (Å²) < 4.78 is 3.77. The first kappa shape index (κ1) is 14.3. The molecule has 0 radical (unpaired) electrons. The van der Waals surface area contributed by atoms with Crippen molar-refractivity contribution in [3.8, 4) is 0 Å². The molecule has 0 saturated carbocycles. The minimum Gasteiger partial charge on any atom is -0.344 e. The van der Waals surface area contributed by atoms with E-state index in [1.165, 1.54) is 32.8 Å². The van der Waals surface area contributed by atoms with E-state index in [-0.39, 0.29) is 0 Å². The number of hydrogen-bond acceptors (Lipinski definition) is 1.